The first-order valence-corrected chi connectivity index (χ1v) is 5.67. The summed E-state index contributed by atoms with van der Waals surface area (Å²) in [7, 11) is 0. The summed E-state index contributed by atoms with van der Waals surface area (Å²) >= 11 is 0. The first-order chi connectivity index (χ1) is 7.13. The van der Waals surface area contributed by atoms with Gasteiger partial charge in [-0.3, -0.25) is 4.79 Å². The molecule has 0 saturated heterocycles. The van der Waals surface area contributed by atoms with Gasteiger partial charge in [0.15, 0.2) is 0 Å². The molecule has 0 aliphatic carbocycles. The van der Waals surface area contributed by atoms with Crippen molar-refractivity contribution in [2.45, 2.75) is 58.0 Å². The van der Waals surface area contributed by atoms with Gasteiger partial charge in [0.2, 0.25) is 0 Å². The molecule has 15 heavy (non-hydrogen) atoms. The molecule has 0 aromatic rings. The van der Waals surface area contributed by atoms with E-state index >= 15 is 0 Å². The summed E-state index contributed by atoms with van der Waals surface area (Å²) in [6.45, 7) is 1.77. The Labute approximate surface area is 91.8 Å². The summed E-state index contributed by atoms with van der Waals surface area (Å²) in [5.74, 6) is -0.702. The molecule has 0 rings (SSSR count). The fourth-order valence-corrected chi connectivity index (χ4v) is 1.30. The number of allylic oxidation sites excluding steroid dienone is 1. The molecule has 0 bridgehead atoms. The highest BCUT2D eigenvalue weighted by atomic mass is 16.4. The van der Waals surface area contributed by atoms with Crippen molar-refractivity contribution >= 4 is 5.97 Å². The molecule has 2 N–H and O–H groups in total. The van der Waals surface area contributed by atoms with Gasteiger partial charge in [-0.05, 0) is 32.6 Å². The highest BCUT2D eigenvalue weighted by Gasteiger charge is 1.95. The lowest BCUT2D eigenvalue weighted by molar-refractivity contribution is -0.137. The first kappa shape index (κ1) is 14.2. The first-order valence-electron chi connectivity index (χ1n) is 5.67. The van der Waals surface area contributed by atoms with Crippen molar-refractivity contribution in [1.82, 2.24) is 0 Å². The Morgan fingerprint density at radius 3 is 2.47 bits per heavy atom. The van der Waals surface area contributed by atoms with E-state index in [1.165, 1.54) is 0 Å². The van der Waals surface area contributed by atoms with Crippen LogP contribution in [-0.2, 0) is 4.79 Å². The molecular formula is C12H22O3. The summed E-state index contributed by atoms with van der Waals surface area (Å²) in [5.41, 5.74) is 0. The molecule has 1 atom stereocenters. The van der Waals surface area contributed by atoms with Crippen molar-refractivity contribution in [3.8, 4) is 0 Å². The third-order valence-electron chi connectivity index (χ3n) is 2.16. The maximum atomic E-state index is 10.2. The van der Waals surface area contributed by atoms with Crippen LogP contribution < -0.4 is 0 Å². The van der Waals surface area contributed by atoms with Gasteiger partial charge < -0.3 is 10.2 Å². The van der Waals surface area contributed by atoms with Crippen LogP contribution in [0.15, 0.2) is 12.2 Å². The summed E-state index contributed by atoms with van der Waals surface area (Å²) < 4.78 is 0. The van der Waals surface area contributed by atoms with Gasteiger partial charge in [0.05, 0.1) is 6.10 Å². The Morgan fingerprint density at radius 2 is 1.87 bits per heavy atom. The van der Waals surface area contributed by atoms with E-state index in [0.717, 1.165) is 38.5 Å². The number of rotatable bonds is 9. The summed E-state index contributed by atoms with van der Waals surface area (Å²) in [4.78, 5) is 10.2. The lowest BCUT2D eigenvalue weighted by Crippen LogP contribution is -1.95. The lowest BCUT2D eigenvalue weighted by Gasteiger charge is -1.98. The molecule has 0 radical (unpaired) electrons. The quantitative estimate of drug-likeness (QED) is 0.458. The largest absolute Gasteiger partial charge is 0.481 e. The molecule has 0 aromatic carbocycles. The van der Waals surface area contributed by atoms with Gasteiger partial charge in [-0.2, -0.15) is 0 Å². The van der Waals surface area contributed by atoms with Gasteiger partial charge in [-0.15, -0.1) is 0 Å². The van der Waals surface area contributed by atoms with Crippen LogP contribution in [0.3, 0.4) is 0 Å². The molecule has 0 aliphatic rings. The summed E-state index contributed by atoms with van der Waals surface area (Å²) in [5, 5.41) is 17.4. The Bertz CT molecular complexity index is 185. The molecule has 0 fully saturated rings. The van der Waals surface area contributed by atoms with Gasteiger partial charge in [0, 0.05) is 6.42 Å². The summed E-state index contributed by atoms with van der Waals surface area (Å²) in [6.07, 6.45) is 9.85. The normalized spacial score (nSPS) is 13.2. The van der Waals surface area contributed by atoms with E-state index in [4.69, 9.17) is 10.2 Å². The number of hydrogen-bond donors (Lipinski definition) is 2. The van der Waals surface area contributed by atoms with Crippen LogP contribution in [0.2, 0.25) is 0 Å². The van der Waals surface area contributed by atoms with Crippen LogP contribution in [0.25, 0.3) is 0 Å². The van der Waals surface area contributed by atoms with E-state index in [0.29, 0.717) is 0 Å². The van der Waals surface area contributed by atoms with Crippen molar-refractivity contribution in [3.63, 3.8) is 0 Å². The predicted octanol–water partition coefficient (Wildman–Crippen LogP) is 2.74. The molecule has 0 saturated carbocycles. The number of carbonyl (C=O) groups is 1. The van der Waals surface area contributed by atoms with Crippen LogP contribution in [0.1, 0.15) is 51.9 Å². The van der Waals surface area contributed by atoms with Gasteiger partial charge in [-0.25, -0.2) is 0 Å². The predicted molar refractivity (Wildman–Crippen MR) is 60.8 cm³/mol. The topological polar surface area (TPSA) is 57.5 Å². The van der Waals surface area contributed by atoms with Crippen molar-refractivity contribution in [2.75, 3.05) is 0 Å². The van der Waals surface area contributed by atoms with Crippen molar-refractivity contribution in [2.24, 2.45) is 0 Å². The van der Waals surface area contributed by atoms with E-state index in [1.807, 2.05) is 6.08 Å². The van der Waals surface area contributed by atoms with Crippen LogP contribution in [0.4, 0.5) is 0 Å². The fraction of sp³-hybridized carbons (Fsp3) is 0.750. The van der Waals surface area contributed by atoms with Crippen molar-refractivity contribution in [1.29, 1.82) is 0 Å². The minimum Gasteiger partial charge on any atom is -0.481 e. The molecule has 0 aliphatic heterocycles. The van der Waals surface area contributed by atoms with Crippen LogP contribution in [-0.4, -0.2) is 22.3 Å². The number of aliphatic carboxylic acids is 1. The Morgan fingerprint density at radius 1 is 1.20 bits per heavy atom. The van der Waals surface area contributed by atoms with Gasteiger partial charge in [0.25, 0.3) is 0 Å². The average Bonchev–Trinajstić information content (AvgIpc) is 2.14. The van der Waals surface area contributed by atoms with E-state index in [1.54, 1.807) is 6.92 Å². The number of aliphatic hydroxyl groups excluding tert-OH is 1. The molecule has 3 heteroatoms. The molecule has 88 valence electrons. The monoisotopic (exact) mass is 214 g/mol. The van der Waals surface area contributed by atoms with Gasteiger partial charge in [-0.1, -0.05) is 25.0 Å². The smallest absolute Gasteiger partial charge is 0.303 e. The molecule has 3 nitrogen and oxygen atoms in total. The Kier molecular flexibility index (Phi) is 9.18. The molecule has 1 unspecified atom stereocenters. The van der Waals surface area contributed by atoms with E-state index < -0.39 is 5.97 Å². The summed E-state index contributed by atoms with van der Waals surface area (Å²) in [6, 6.07) is 0. The highest BCUT2D eigenvalue weighted by molar-refractivity contribution is 5.66. The third-order valence-corrected chi connectivity index (χ3v) is 2.16. The maximum Gasteiger partial charge on any atom is 0.303 e. The number of carboxylic acids is 1. The SMILES string of the molecule is CC(O)C/C=C\CCCCCCC(=O)O. The van der Waals surface area contributed by atoms with Crippen molar-refractivity contribution in [3.05, 3.63) is 12.2 Å². The van der Waals surface area contributed by atoms with E-state index in [2.05, 4.69) is 6.08 Å². The van der Waals surface area contributed by atoms with Crippen LogP contribution in [0.5, 0.6) is 0 Å². The van der Waals surface area contributed by atoms with E-state index in [-0.39, 0.29) is 12.5 Å². The van der Waals surface area contributed by atoms with Crippen LogP contribution in [0, 0.1) is 0 Å². The maximum absolute atomic E-state index is 10.2. The lowest BCUT2D eigenvalue weighted by atomic mass is 10.1. The zero-order valence-electron chi connectivity index (χ0n) is 9.48. The third kappa shape index (κ3) is 13.2. The average molecular weight is 214 g/mol. The Hall–Kier alpha value is -0.830. The van der Waals surface area contributed by atoms with Crippen molar-refractivity contribution < 1.29 is 15.0 Å². The molecule has 0 aromatic heterocycles. The second-order valence-corrected chi connectivity index (χ2v) is 3.90. The highest BCUT2D eigenvalue weighted by Crippen LogP contribution is 2.06. The molecular weight excluding hydrogens is 192 g/mol. The molecule has 0 spiro atoms. The number of hydrogen-bond acceptors (Lipinski definition) is 2. The minimum atomic E-state index is -0.702. The number of carboxylic acid groups (broad SMARTS) is 1. The second kappa shape index (κ2) is 9.71. The van der Waals surface area contributed by atoms with Crippen LogP contribution >= 0.6 is 0 Å². The van der Waals surface area contributed by atoms with E-state index in [9.17, 15) is 4.79 Å². The minimum absolute atomic E-state index is 0.253. The zero-order valence-corrected chi connectivity index (χ0v) is 9.48. The van der Waals surface area contributed by atoms with Gasteiger partial charge >= 0.3 is 5.97 Å². The Balaban J connectivity index is 3.11. The van der Waals surface area contributed by atoms with Gasteiger partial charge in [0.1, 0.15) is 0 Å². The second-order valence-electron chi connectivity index (χ2n) is 3.90. The molecule has 0 heterocycles. The number of unbranched alkanes of at least 4 members (excludes halogenated alkanes) is 4. The zero-order chi connectivity index (χ0) is 11.5. The molecule has 0 amide bonds. The fourth-order valence-electron chi connectivity index (χ4n) is 1.30. The number of aliphatic hydroxyl groups is 1. The standard InChI is InChI=1S/C12H22O3/c1-11(13)9-7-5-3-2-4-6-8-10-12(14)15/h5,7,11,13H,2-4,6,8-10H2,1H3,(H,14,15)/b7-5-.